The normalized spacial score (nSPS) is 16.3. The van der Waals surface area contributed by atoms with E-state index in [0.29, 0.717) is 5.75 Å². The monoisotopic (exact) mass is 374 g/mol. The zero-order chi connectivity index (χ0) is 17.5. The Hall–Kier alpha value is -1.49. The fraction of sp³-hybridized carbons (Fsp3) is 0.350. The number of rotatable bonds is 5. The Morgan fingerprint density at radius 2 is 1.76 bits per heavy atom. The number of nitrogens with one attached hydrogen (secondary N) is 1. The van der Waals surface area contributed by atoms with Crippen molar-refractivity contribution in [2.45, 2.75) is 11.7 Å². The minimum absolute atomic E-state index is 0.132. The third-order valence-electron chi connectivity index (χ3n) is 4.34. The minimum Gasteiger partial charge on any atom is -0.341 e. The molecule has 0 bridgehead atoms. The van der Waals surface area contributed by atoms with Crippen molar-refractivity contribution in [1.82, 2.24) is 10.2 Å². The van der Waals surface area contributed by atoms with Crippen molar-refractivity contribution in [3.63, 3.8) is 0 Å². The van der Waals surface area contributed by atoms with Crippen LogP contribution in [0.4, 0.5) is 0 Å². The van der Waals surface area contributed by atoms with Gasteiger partial charge in [0.2, 0.25) is 5.91 Å². The van der Waals surface area contributed by atoms with E-state index in [-0.39, 0.29) is 11.2 Å². The molecule has 1 unspecified atom stereocenters. The van der Waals surface area contributed by atoms with Gasteiger partial charge < -0.3 is 10.2 Å². The van der Waals surface area contributed by atoms with E-state index in [0.717, 1.165) is 37.6 Å². The van der Waals surface area contributed by atoms with Gasteiger partial charge in [0, 0.05) is 24.7 Å². The zero-order valence-corrected chi connectivity index (χ0v) is 15.7. The van der Waals surface area contributed by atoms with Gasteiger partial charge in [-0.25, -0.2) is 0 Å². The molecule has 2 aromatic carbocycles. The summed E-state index contributed by atoms with van der Waals surface area (Å²) in [6, 6.07) is 18.3. The number of thioether (sulfide) groups is 1. The lowest BCUT2D eigenvalue weighted by atomic mass is 10.0. The van der Waals surface area contributed by atoms with Crippen LogP contribution < -0.4 is 5.32 Å². The SMILES string of the molecule is O=C(CSC(c1ccccc1)c1ccc(Cl)cc1)N1CCCNCC1. The quantitative estimate of drug-likeness (QED) is 0.859. The Morgan fingerprint density at radius 3 is 2.52 bits per heavy atom. The molecule has 1 saturated heterocycles. The molecule has 1 fully saturated rings. The first-order chi connectivity index (χ1) is 12.2. The summed E-state index contributed by atoms with van der Waals surface area (Å²) in [6.07, 6.45) is 1.02. The Labute approximate surface area is 158 Å². The van der Waals surface area contributed by atoms with Crippen molar-refractivity contribution in [3.05, 3.63) is 70.7 Å². The van der Waals surface area contributed by atoms with Crippen molar-refractivity contribution in [2.24, 2.45) is 0 Å². The van der Waals surface area contributed by atoms with E-state index in [4.69, 9.17) is 11.6 Å². The Balaban J connectivity index is 1.71. The first-order valence-corrected chi connectivity index (χ1v) is 10.1. The largest absolute Gasteiger partial charge is 0.341 e. The van der Waals surface area contributed by atoms with Crippen LogP contribution in [0.15, 0.2) is 54.6 Å². The number of benzene rings is 2. The number of carbonyl (C=O) groups excluding carboxylic acids is 1. The molecule has 0 radical (unpaired) electrons. The molecule has 1 heterocycles. The smallest absolute Gasteiger partial charge is 0.232 e. The predicted octanol–water partition coefficient (Wildman–Crippen LogP) is 3.98. The summed E-state index contributed by atoms with van der Waals surface area (Å²) in [4.78, 5) is 14.6. The average Bonchev–Trinajstić information content (AvgIpc) is 2.93. The van der Waals surface area contributed by atoms with Crippen molar-refractivity contribution >= 4 is 29.3 Å². The molecule has 1 aliphatic rings. The van der Waals surface area contributed by atoms with Crippen LogP contribution in [0.25, 0.3) is 0 Å². The van der Waals surface area contributed by atoms with E-state index in [9.17, 15) is 4.79 Å². The molecule has 1 N–H and O–H groups in total. The third-order valence-corrected chi connectivity index (χ3v) is 5.88. The summed E-state index contributed by atoms with van der Waals surface area (Å²) in [5.41, 5.74) is 2.38. The molecule has 1 amide bonds. The maximum atomic E-state index is 12.6. The van der Waals surface area contributed by atoms with Crippen molar-refractivity contribution in [3.8, 4) is 0 Å². The summed E-state index contributed by atoms with van der Waals surface area (Å²) in [5, 5.41) is 4.20. The number of hydrogen-bond donors (Lipinski definition) is 1. The van der Waals surface area contributed by atoms with Gasteiger partial charge in [-0.15, -0.1) is 11.8 Å². The van der Waals surface area contributed by atoms with Crippen LogP contribution in [-0.4, -0.2) is 42.7 Å². The van der Waals surface area contributed by atoms with Gasteiger partial charge in [-0.05, 0) is 36.2 Å². The molecule has 0 spiro atoms. The lowest BCUT2D eigenvalue weighted by Gasteiger charge is -2.22. The van der Waals surface area contributed by atoms with Crippen LogP contribution in [0.1, 0.15) is 22.8 Å². The molecule has 132 valence electrons. The molecule has 25 heavy (non-hydrogen) atoms. The second kappa shape index (κ2) is 9.27. The number of carbonyl (C=O) groups is 1. The molecule has 3 rings (SSSR count). The lowest BCUT2D eigenvalue weighted by molar-refractivity contribution is -0.128. The van der Waals surface area contributed by atoms with Gasteiger partial charge in [-0.1, -0.05) is 54.1 Å². The molecular weight excluding hydrogens is 352 g/mol. The van der Waals surface area contributed by atoms with Crippen LogP contribution >= 0.6 is 23.4 Å². The van der Waals surface area contributed by atoms with E-state index >= 15 is 0 Å². The van der Waals surface area contributed by atoms with Gasteiger partial charge in [0.25, 0.3) is 0 Å². The Bertz CT molecular complexity index is 670. The topological polar surface area (TPSA) is 32.3 Å². The third kappa shape index (κ3) is 5.24. The fourth-order valence-electron chi connectivity index (χ4n) is 2.99. The van der Waals surface area contributed by atoms with Crippen LogP contribution in [0.2, 0.25) is 5.02 Å². The van der Waals surface area contributed by atoms with Gasteiger partial charge >= 0.3 is 0 Å². The van der Waals surface area contributed by atoms with Crippen LogP contribution in [-0.2, 0) is 4.79 Å². The number of amides is 1. The van der Waals surface area contributed by atoms with E-state index in [2.05, 4.69) is 17.4 Å². The van der Waals surface area contributed by atoms with Crippen molar-refractivity contribution < 1.29 is 4.79 Å². The Kier molecular flexibility index (Phi) is 6.79. The van der Waals surface area contributed by atoms with Crippen molar-refractivity contribution in [2.75, 3.05) is 31.9 Å². The highest BCUT2D eigenvalue weighted by Gasteiger charge is 2.20. The standard InChI is InChI=1S/C20H23ClN2OS/c21-18-9-7-17(8-10-18)20(16-5-2-1-3-6-16)25-15-19(24)23-13-4-11-22-12-14-23/h1-3,5-10,20,22H,4,11-15H2. The second-order valence-electron chi connectivity index (χ2n) is 6.14. The van der Waals surface area contributed by atoms with Gasteiger partial charge in [-0.2, -0.15) is 0 Å². The highest BCUT2D eigenvalue weighted by molar-refractivity contribution is 8.00. The highest BCUT2D eigenvalue weighted by atomic mass is 35.5. The molecule has 0 saturated carbocycles. The first kappa shape index (κ1) is 18.3. The average molecular weight is 375 g/mol. The summed E-state index contributed by atoms with van der Waals surface area (Å²) in [7, 11) is 0. The molecule has 1 aliphatic heterocycles. The summed E-state index contributed by atoms with van der Waals surface area (Å²) in [5.74, 6) is 0.714. The molecular formula is C20H23ClN2OS. The molecule has 0 aliphatic carbocycles. The second-order valence-corrected chi connectivity index (χ2v) is 7.67. The molecule has 0 aromatic heterocycles. The van der Waals surface area contributed by atoms with E-state index in [1.165, 1.54) is 11.1 Å². The van der Waals surface area contributed by atoms with Crippen LogP contribution in [0, 0.1) is 0 Å². The van der Waals surface area contributed by atoms with Crippen LogP contribution in [0.3, 0.4) is 0 Å². The van der Waals surface area contributed by atoms with Crippen molar-refractivity contribution in [1.29, 1.82) is 0 Å². The summed E-state index contributed by atoms with van der Waals surface area (Å²) < 4.78 is 0. The highest BCUT2D eigenvalue weighted by Crippen LogP contribution is 2.36. The predicted molar refractivity (Wildman–Crippen MR) is 106 cm³/mol. The van der Waals surface area contributed by atoms with E-state index < -0.39 is 0 Å². The number of halogens is 1. The van der Waals surface area contributed by atoms with Gasteiger partial charge in [0.1, 0.15) is 0 Å². The number of hydrogen-bond acceptors (Lipinski definition) is 3. The van der Waals surface area contributed by atoms with Crippen LogP contribution in [0.5, 0.6) is 0 Å². The maximum absolute atomic E-state index is 12.6. The Morgan fingerprint density at radius 1 is 1.04 bits per heavy atom. The van der Waals surface area contributed by atoms with E-state index in [1.54, 1.807) is 11.8 Å². The number of nitrogens with zero attached hydrogens (tertiary/aromatic N) is 1. The minimum atomic E-state index is 0.132. The molecule has 2 aromatic rings. The van der Waals surface area contributed by atoms with Gasteiger partial charge in [-0.3, -0.25) is 4.79 Å². The van der Waals surface area contributed by atoms with Gasteiger partial charge in [0.05, 0.1) is 11.0 Å². The molecule has 3 nitrogen and oxygen atoms in total. The fourth-order valence-corrected chi connectivity index (χ4v) is 4.31. The zero-order valence-electron chi connectivity index (χ0n) is 14.2. The summed E-state index contributed by atoms with van der Waals surface area (Å²) in [6.45, 7) is 3.53. The maximum Gasteiger partial charge on any atom is 0.232 e. The van der Waals surface area contributed by atoms with Gasteiger partial charge in [0.15, 0.2) is 0 Å². The van der Waals surface area contributed by atoms with E-state index in [1.807, 2.05) is 47.4 Å². The summed E-state index contributed by atoms with van der Waals surface area (Å²) >= 11 is 7.72. The first-order valence-electron chi connectivity index (χ1n) is 8.64. The molecule has 1 atom stereocenters. The lowest BCUT2D eigenvalue weighted by Crippen LogP contribution is -2.35. The molecule has 5 heteroatoms.